The van der Waals surface area contributed by atoms with Gasteiger partial charge in [-0.2, -0.15) is 0 Å². The van der Waals surface area contributed by atoms with Crippen LogP contribution < -0.4 is 0 Å². The van der Waals surface area contributed by atoms with Crippen LogP contribution in [-0.4, -0.2) is 19.9 Å². The van der Waals surface area contributed by atoms with Crippen LogP contribution in [0, 0.1) is 0 Å². The van der Waals surface area contributed by atoms with Crippen molar-refractivity contribution >= 4 is 53.2 Å². The molecule has 0 aliphatic heterocycles. The lowest BCUT2D eigenvalue weighted by Crippen LogP contribution is -1.93. The van der Waals surface area contributed by atoms with Crippen molar-refractivity contribution in [2.45, 2.75) is 0 Å². The molecule has 0 unspecified atom stereocenters. The Morgan fingerprint density at radius 3 is 1.82 bits per heavy atom. The zero-order valence-corrected chi connectivity index (χ0v) is 24.9. The predicted molar refractivity (Wildman–Crippen MR) is 187 cm³/mol. The van der Waals surface area contributed by atoms with E-state index in [4.69, 9.17) is 9.97 Å². The molecule has 45 heavy (non-hydrogen) atoms. The Balaban J connectivity index is 1.27. The zero-order valence-electron chi connectivity index (χ0n) is 24.1. The number of aromatic nitrogens is 4. The van der Waals surface area contributed by atoms with Crippen molar-refractivity contribution < 1.29 is 0 Å². The van der Waals surface area contributed by atoms with Crippen molar-refractivity contribution in [1.29, 1.82) is 0 Å². The molecule has 0 fully saturated rings. The van der Waals surface area contributed by atoms with Crippen LogP contribution in [0.15, 0.2) is 146 Å². The molecule has 0 bridgehead atoms. The lowest BCUT2D eigenvalue weighted by Gasteiger charge is -2.13. The molecule has 5 aromatic heterocycles. The summed E-state index contributed by atoms with van der Waals surface area (Å²) in [6.07, 6.45) is 7.22. The molecule has 0 aliphatic carbocycles. The predicted octanol–water partition coefficient (Wildman–Crippen LogP) is 10.6. The van der Waals surface area contributed by atoms with Crippen LogP contribution in [0.2, 0.25) is 0 Å². The Morgan fingerprint density at radius 2 is 1.07 bits per heavy atom. The first kappa shape index (κ1) is 25.7. The van der Waals surface area contributed by atoms with Crippen molar-refractivity contribution in [3.63, 3.8) is 0 Å². The number of nitrogens with zero attached hydrogens (tertiary/aromatic N) is 4. The normalized spacial score (nSPS) is 11.6. The smallest absolute Gasteiger partial charge is 0.0788 e. The summed E-state index contributed by atoms with van der Waals surface area (Å²) >= 11 is 1.87. The van der Waals surface area contributed by atoms with Gasteiger partial charge in [0.25, 0.3) is 0 Å². The third-order valence-electron chi connectivity index (χ3n) is 8.45. The van der Waals surface area contributed by atoms with E-state index >= 15 is 0 Å². The van der Waals surface area contributed by atoms with E-state index in [1.54, 1.807) is 24.8 Å². The van der Waals surface area contributed by atoms with Gasteiger partial charge < -0.3 is 0 Å². The molecule has 4 nitrogen and oxygen atoms in total. The molecule has 0 aliphatic rings. The lowest BCUT2D eigenvalue weighted by atomic mass is 9.95. The van der Waals surface area contributed by atoms with E-state index in [0.717, 1.165) is 55.8 Å². The molecule has 4 aromatic carbocycles. The molecule has 0 atom stereocenters. The van der Waals surface area contributed by atoms with E-state index in [1.165, 1.54) is 30.9 Å². The zero-order chi connectivity index (χ0) is 29.7. The fourth-order valence-electron chi connectivity index (χ4n) is 6.32. The number of pyridine rings is 4. The molecule has 5 heteroatoms. The van der Waals surface area contributed by atoms with E-state index in [1.807, 2.05) is 35.6 Å². The van der Waals surface area contributed by atoms with Gasteiger partial charge >= 0.3 is 0 Å². The van der Waals surface area contributed by atoms with Gasteiger partial charge in [-0.15, -0.1) is 11.3 Å². The topological polar surface area (TPSA) is 51.6 Å². The number of hydrogen-bond acceptors (Lipinski definition) is 5. The molecule has 0 saturated carbocycles. The van der Waals surface area contributed by atoms with Crippen molar-refractivity contribution in [2.75, 3.05) is 0 Å². The van der Waals surface area contributed by atoms with Crippen LogP contribution in [0.1, 0.15) is 0 Å². The van der Waals surface area contributed by atoms with E-state index in [0.29, 0.717) is 0 Å². The van der Waals surface area contributed by atoms with Crippen molar-refractivity contribution in [2.24, 2.45) is 0 Å². The standard InChI is InChI=1S/C40H24N4S/c1-3-10-34-32(9-1)38-33(13-12-31-30-8-2-4-11-37(30)45-40(31)38)39(44-34)28-7-5-6-27(22-28)29-23-35(25-14-18-41-19-15-25)43-36(24-29)26-16-20-42-21-17-26/h1-24H. The summed E-state index contributed by atoms with van der Waals surface area (Å²) in [4.78, 5) is 18.7. The highest BCUT2D eigenvalue weighted by Gasteiger charge is 2.17. The van der Waals surface area contributed by atoms with E-state index in [9.17, 15) is 0 Å². The maximum atomic E-state index is 5.28. The first-order valence-electron chi connectivity index (χ1n) is 14.9. The molecule has 210 valence electrons. The van der Waals surface area contributed by atoms with E-state index in [-0.39, 0.29) is 0 Å². The summed E-state index contributed by atoms with van der Waals surface area (Å²) in [7, 11) is 0. The van der Waals surface area contributed by atoms with Crippen LogP contribution in [0.4, 0.5) is 0 Å². The molecular weight excluding hydrogens is 569 g/mol. The quantitative estimate of drug-likeness (QED) is 0.191. The van der Waals surface area contributed by atoms with Crippen LogP contribution in [0.3, 0.4) is 0 Å². The molecule has 0 saturated heterocycles. The Bertz CT molecular complexity index is 2480. The van der Waals surface area contributed by atoms with Gasteiger partial charge in [0.15, 0.2) is 0 Å². The van der Waals surface area contributed by atoms with Gasteiger partial charge in [0.1, 0.15) is 0 Å². The molecule has 5 heterocycles. The van der Waals surface area contributed by atoms with Gasteiger partial charge in [-0.05, 0) is 65.7 Å². The average Bonchev–Trinajstić information content (AvgIpc) is 3.51. The molecule has 0 spiro atoms. The fraction of sp³-hybridized carbons (Fsp3) is 0. The fourth-order valence-corrected chi connectivity index (χ4v) is 7.59. The van der Waals surface area contributed by atoms with Crippen LogP contribution in [0.25, 0.3) is 86.7 Å². The second-order valence-electron chi connectivity index (χ2n) is 11.1. The van der Waals surface area contributed by atoms with Gasteiger partial charge in [-0.3, -0.25) is 9.97 Å². The van der Waals surface area contributed by atoms with Gasteiger partial charge in [0.05, 0.1) is 22.6 Å². The highest BCUT2D eigenvalue weighted by atomic mass is 32.1. The van der Waals surface area contributed by atoms with Crippen molar-refractivity contribution in [3.8, 4) is 44.9 Å². The first-order valence-corrected chi connectivity index (χ1v) is 15.7. The Morgan fingerprint density at radius 1 is 0.422 bits per heavy atom. The number of rotatable bonds is 4. The summed E-state index contributed by atoms with van der Waals surface area (Å²) in [5.74, 6) is 0. The monoisotopic (exact) mass is 592 g/mol. The maximum Gasteiger partial charge on any atom is 0.0788 e. The van der Waals surface area contributed by atoms with Crippen LogP contribution in [-0.2, 0) is 0 Å². The highest BCUT2D eigenvalue weighted by molar-refractivity contribution is 7.26. The Labute approximate surface area is 263 Å². The minimum atomic E-state index is 0.897. The number of benzene rings is 4. The number of para-hydroxylation sites is 1. The largest absolute Gasteiger partial charge is 0.265 e. The first-order chi connectivity index (χ1) is 22.3. The summed E-state index contributed by atoms with van der Waals surface area (Å²) in [6, 6.07) is 42.8. The van der Waals surface area contributed by atoms with E-state index < -0.39 is 0 Å². The minimum Gasteiger partial charge on any atom is -0.265 e. The number of thiophene rings is 1. The molecule has 9 aromatic rings. The average molecular weight is 593 g/mol. The lowest BCUT2D eigenvalue weighted by molar-refractivity contribution is 1.27. The number of hydrogen-bond donors (Lipinski definition) is 0. The van der Waals surface area contributed by atoms with Crippen molar-refractivity contribution in [1.82, 2.24) is 19.9 Å². The molecule has 0 amide bonds. The van der Waals surface area contributed by atoms with Crippen molar-refractivity contribution in [3.05, 3.63) is 146 Å². The summed E-state index contributed by atoms with van der Waals surface area (Å²) in [5, 5.41) is 6.21. The van der Waals surface area contributed by atoms with Gasteiger partial charge in [-0.1, -0.05) is 66.7 Å². The second-order valence-corrected chi connectivity index (χ2v) is 12.2. The van der Waals surface area contributed by atoms with Crippen LogP contribution >= 0.6 is 11.3 Å². The molecule has 0 radical (unpaired) electrons. The highest BCUT2D eigenvalue weighted by Crippen LogP contribution is 2.43. The molecular formula is C40H24N4S. The third kappa shape index (κ3) is 4.36. The SMILES string of the molecule is c1cc(-c2cc(-c3ccncc3)nc(-c3ccncc3)c2)cc(-c2nc3ccccc3c3c2ccc2c4ccccc4sc23)c1. The van der Waals surface area contributed by atoms with Gasteiger partial charge in [0, 0.05) is 77.8 Å². The molecule has 0 N–H and O–H groups in total. The minimum absolute atomic E-state index is 0.897. The van der Waals surface area contributed by atoms with Gasteiger partial charge in [0.2, 0.25) is 0 Å². The van der Waals surface area contributed by atoms with E-state index in [2.05, 4.69) is 107 Å². The van der Waals surface area contributed by atoms with Crippen LogP contribution in [0.5, 0.6) is 0 Å². The third-order valence-corrected chi connectivity index (χ3v) is 9.66. The summed E-state index contributed by atoms with van der Waals surface area (Å²) in [5.41, 5.74) is 9.09. The Kier molecular flexibility index (Phi) is 5.96. The van der Waals surface area contributed by atoms with Gasteiger partial charge in [-0.25, -0.2) is 9.97 Å². The Hall–Kier alpha value is -5.78. The maximum absolute atomic E-state index is 5.28. The number of fused-ring (bicyclic) bond motifs is 7. The second kappa shape index (κ2) is 10.4. The summed E-state index contributed by atoms with van der Waals surface area (Å²) < 4.78 is 2.61. The molecule has 9 rings (SSSR count). The summed E-state index contributed by atoms with van der Waals surface area (Å²) in [6.45, 7) is 0.